The van der Waals surface area contributed by atoms with Crippen molar-refractivity contribution < 1.29 is 0 Å². The molecule has 7 nitrogen and oxygen atoms in total. The largest absolute Gasteiger partial charge is 0.253 e. The van der Waals surface area contributed by atoms with E-state index in [0.717, 1.165) is 66.0 Å². The second-order valence-corrected chi connectivity index (χ2v) is 12.6. The Kier molecular flexibility index (Phi) is 6.99. The Labute approximate surface area is 298 Å². The van der Waals surface area contributed by atoms with E-state index in [9.17, 15) is 0 Å². The Hall–Kier alpha value is -7.25. The van der Waals surface area contributed by atoms with Crippen LogP contribution in [0.5, 0.6) is 0 Å². The van der Waals surface area contributed by atoms with E-state index in [1.165, 1.54) is 0 Å². The van der Waals surface area contributed by atoms with Crippen molar-refractivity contribution in [2.24, 2.45) is 0 Å². The lowest BCUT2D eigenvalue weighted by Gasteiger charge is -2.16. The zero-order chi connectivity index (χ0) is 34.4. The zero-order valence-corrected chi connectivity index (χ0v) is 27.7. The maximum absolute atomic E-state index is 5.17. The molecule has 0 aliphatic heterocycles. The van der Waals surface area contributed by atoms with Gasteiger partial charge in [0.1, 0.15) is 11.4 Å². The topological polar surface area (TPSA) is 90.2 Å². The van der Waals surface area contributed by atoms with Crippen molar-refractivity contribution in [1.82, 2.24) is 34.9 Å². The number of hydrogen-bond acceptors (Lipinski definition) is 7. The monoisotopic (exact) mass is 665 g/mol. The molecule has 52 heavy (non-hydrogen) atoms. The standard InChI is InChI=1S/C45H27N7/c1-3-11-28(12-4-1)38-27-39(29-13-5-2-6-14-29)49-42(48-38)34-23-19-30-18-22-33-35(24-20-31-17-21-32(34)40(30)41(31)33)43-50-44(36-15-7-9-25-46-36)52-45(51-43)37-16-8-10-26-47-37/h1-27H. The van der Waals surface area contributed by atoms with Crippen molar-refractivity contribution in [2.75, 3.05) is 0 Å². The molecule has 0 N–H and O–H groups in total. The van der Waals surface area contributed by atoms with Crippen molar-refractivity contribution in [2.45, 2.75) is 0 Å². The molecule has 0 atom stereocenters. The molecule has 0 aliphatic rings. The first-order valence-electron chi connectivity index (χ1n) is 17.1. The average Bonchev–Trinajstić information content (AvgIpc) is 3.23. The van der Waals surface area contributed by atoms with Gasteiger partial charge in [-0.15, -0.1) is 0 Å². The van der Waals surface area contributed by atoms with Crippen LogP contribution >= 0.6 is 0 Å². The van der Waals surface area contributed by atoms with Crippen LogP contribution in [-0.2, 0) is 0 Å². The molecule has 10 rings (SSSR count). The van der Waals surface area contributed by atoms with Crippen LogP contribution in [0.1, 0.15) is 0 Å². The summed E-state index contributed by atoms with van der Waals surface area (Å²) in [5.41, 5.74) is 7.03. The highest BCUT2D eigenvalue weighted by atomic mass is 15.1. The molecule has 242 valence electrons. The molecule has 4 aromatic heterocycles. The van der Waals surface area contributed by atoms with Gasteiger partial charge in [-0.25, -0.2) is 24.9 Å². The number of rotatable bonds is 6. The van der Waals surface area contributed by atoms with E-state index in [1.807, 2.05) is 72.8 Å². The van der Waals surface area contributed by atoms with Crippen LogP contribution in [0, 0.1) is 0 Å². The van der Waals surface area contributed by atoms with Crippen molar-refractivity contribution in [3.8, 4) is 68.3 Å². The van der Waals surface area contributed by atoms with Crippen molar-refractivity contribution >= 4 is 32.3 Å². The molecule has 7 heteroatoms. The molecule has 0 radical (unpaired) electrons. The van der Waals surface area contributed by atoms with Gasteiger partial charge >= 0.3 is 0 Å². The molecule has 0 fully saturated rings. The molecule has 0 saturated heterocycles. The smallest absolute Gasteiger partial charge is 0.182 e. The maximum Gasteiger partial charge on any atom is 0.182 e. The first-order chi connectivity index (χ1) is 25.8. The van der Waals surface area contributed by atoms with E-state index >= 15 is 0 Å². The molecule has 0 saturated carbocycles. The molecule has 0 bridgehead atoms. The Morgan fingerprint density at radius 1 is 0.308 bits per heavy atom. The van der Waals surface area contributed by atoms with Crippen LogP contribution in [0.25, 0.3) is 101 Å². The molecule has 0 spiro atoms. The van der Waals surface area contributed by atoms with E-state index in [4.69, 9.17) is 24.9 Å². The highest BCUT2D eigenvalue weighted by molar-refractivity contribution is 6.27. The maximum atomic E-state index is 5.17. The van der Waals surface area contributed by atoms with Gasteiger partial charge in [0.25, 0.3) is 0 Å². The van der Waals surface area contributed by atoms with Crippen LogP contribution in [0.3, 0.4) is 0 Å². The molecule has 4 heterocycles. The lowest BCUT2D eigenvalue weighted by Crippen LogP contribution is -2.02. The van der Waals surface area contributed by atoms with Gasteiger partial charge in [0.15, 0.2) is 23.3 Å². The third-order valence-electron chi connectivity index (χ3n) is 9.44. The molecule has 0 unspecified atom stereocenters. The van der Waals surface area contributed by atoms with Crippen LogP contribution in [0.15, 0.2) is 164 Å². The van der Waals surface area contributed by atoms with E-state index in [2.05, 4.69) is 88.8 Å². The summed E-state index contributed by atoms with van der Waals surface area (Å²) in [7, 11) is 0. The summed E-state index contributed by atoms with van der Waals surface area (Å²) in [5.74, 6) is 2.21. The summed E-state index contributed by atoms with van der Waals surface area (Å²) in [4.78, 5) is 34.2. The van der Waals surface area contributed by atoms with E-state index in [1.54, 1.807) is 12.4 Å². The summed E-state index contributed by atoms with van der Waals surface area (Å²) >= 11 is 0. The Morgan fingerprint density at radius 3 is 1.19 bits per heavy atom. The summed E-state index contributed by atoms with van der Waals surface area (Å²) < 4.78 is 0. The Morgan fingerprint density at radius 2 is 0.731 bits per heavy atom. The van der Waals surface area contributed by atoms with Crippen molar-refractivity contribution in [3.63, 3.8) is 0 Å². The molecule has 6 aromatic carbocycles. The van der Waals surface area contributed by atoms with Crippen LogP contribution in [-0.4, -0.2) is 34.9 Å². The fourth-order valence-corrected chi connectivity index (χ4v) is 6.99. The quantitative estimate of drug-likeness (QED) is 0.163. The zero-order valence-electron chi connectivity index (χ0n) is 27.7. The predicted molar refractivity (Wildman–Crippen MR) is 207 cm³/mol. The van der Waals surface area contributed by atoms with Crippen LogP contribution in [0.2, 0.25) is 0 Å². The van der Waals surface area contributed by atoms with Gasteiger partial charge in [0.2, 0.25) is 0 Å². The van der Waals surface area contributed by atoms with Gasteiger partial charge in [-0.05, 0) is 74.8 Å². The first-order valence-corrected chi connectivity index (χ1v) is 17.1. The molecular formula is C45H27N7. The molecular weight excluding hydrogens is 639 g/mol. The third kappa shape index (κ3) is 5.11. The van der Waals surface area contributed by atoms with Gasteiger partial charge in [-0.2, -0.15) is 0 Å². The number of nitrogens with zero attached hydrogens (tertiary/aromatic N) is 7. The van der Waals surface area contributed by atoms with Gasteiger partial charge in [-0.3, -0.25) is 9.97 Å². The predicted octanol–water partition coefficient (Wildman–Crippen LogP) is 10.4. The number of aromatic nitrogens is 7. The van der Waals surface area contributed by atoms with Gasteiger partial charge in [0.05, 0.1) is 11.4 Å². The van der Waals surface area contributed by atoms with E-state index < -0.39 is 0 Å². The van der Waals surface area contributed by atoms with Gasteiger partial charge in [-0.1, -0.05) is 109 Å². The third-order valence-corrected chi connectivity index (χ3v) is 9.44. The van der Waals surface area contributed by atoms with E-state index in [0.29, 0.717) is 34.7 Å². The molecule has 10 aromatic rings. The SMILES string of the molecule is c1ccc(-c2cc(-c3ccccc3)nc(-c3ccc4ccc5c(-c6nc(-c7ccccn7)nc(-c7ccccn7)n6)ccc6ccc3c4c65)n2)cc1. The van der Waals surface area contributed by atoms with Crippen molar-refractivity contribution in [3.05, 3.63) is 164 Å². The van der Waals surface area contributed by atoms with Crippen LogP contribution < -0.4 is 0 Å². The summed E-state index contributed by atoms with van der Waals surface area (Å²) in [6, 6.07) is 51.4. The van der Waals surface area contributed by atoms with Gasteiger partial charge in [0, 0.05) is 34.6 Å². The highest BCUT2D eigenvalue weighted by Gasteiger charge is 2.20. The fourth-order valence-electron chi connectivity index (χ4n) is 6.99. The molecule has 0 amide bonds. The minimum Gasteiger partial charge on any atom is -0.253 e. The van der Waals surface area contributed by atoms with Crippen LogP contribution in [0.4, 0.5) is 0 Å². The number of benzene rings is 6. The second kappa shape index (κ2) is 12.3. The highest BCUT2D eigenvalue weighted by Crippen LogP contribution is 2.42. The second-order valence-electron chi connectivity index (χ2n) is 12.6. The van der Waals surface area contributed by atoms with Crippen molar-refractivity contribution in [1.29, 1.82) is 0 Å². The lowest BCUT2D eigenvalue weighted by atomic mass is 9.89. The van der Waals surface area contributed by atoms with E-state index in [-0.39, 0.29) is 0 Å². The summed E-state index contributed by atoms with van der Waals surface area (Å²) in [5, 5.41) is 6.67. The minimum atomic E-state index is 0.490. The minimum absolute atomic E-state index is 0.490. The lowest BCUT2D eigenvalue weighted by molar-refractivity contribution is 1.05. The normalized spacial score (nSPS) is 11.5. The average molecular weight is 666 g/mol. The summed E-state index contributed by atoms with van der Waals surface area (Å²) in [6.45, 7) is 0. The van der Waals surface area contributed by atoms with Gasteiger partial charge < -0.3 is 0 Å². The molecule has 0 aliphatic carbocycles. The first kappa shape index (κ1) is 29.6. The number of hydrogen-bond donors (Lipinski definition) is 0. The Bertz CT molecular complexity index is 2570. The Balaban J connectivity index is 1.20. The number of pyridine rings is 2. The summed E-state index contributed by atoms with van der Waals surface area (Å²) in [6.07, 6.45) is 3.49. The fraction of sp³-hybridized carbons (Fsp3) is 0.